The van der Waals surface area contributed by atoms with E-state index in [2.05, 4.69) is 35.5 Å². The van der Waals surface area contributed by atoms with Gasteiger partial charge in [-0.2, -0.15) is 10.2 Å². The van der Waals surface area contributed by atoms with Gasteiger partial charge in [0.25, 0.3) is 5.91 Å². The number of nitrogens with one attached hydrogen (secondary N) is 1. The molecule has 0 saturated heterocycles. The number of ether oxygens (including phenoxy) is 2. The molecule has 0 bridgehead atoms. The fourth-order valence-corrected chi connectivity index (χ4v) is 6.10. The molecule has 0 spiro atoms. The number of amides is 1. The number of carbonyl (C=O) groups excluding carboxylic acids is 1. The van der Waals surface area contributed by atoms with Gasteiger partial charge in [-0.15, -0.1) is 0 Å². The van der Waals surface area contributed by atoms with Gasteiger partial charge in [0.15, 0.2) is 11.6 Å². The Labute approximate surface area is 336 Å². The van der Waals surface area contributed by atoms with Gasteiger partial charge in [0.1, 0.15) is 24.9 Å². The Morgan fingerprint density at radius 3 is 1.57 bits per heavy atom. The molecule has 4 aromatic carbocycles. The number of aromatic carboxylic acids is 1. The van der Waals surface area contributed by atoms with Crippen LogP contribution in [0.3, 0.4) is 0 Å². The van der Waals surface area contributed by atoms with E-state index >= 15 is 0 Å². The lowest BCUT2D eigenvalue weighted by atomic mass is 10.0. The largest absolute Gasteiger partial charge is 0.478 e. The van der Waals surface area contributed by atoms with E-state index in [1.165, 1.54) is 12.7 Å². The van der Waals surface area contributed by atoms with Crippen LogP contribution >= 0.6 is 0 Å². The Kier molecular flexibility index (Phi) is 12.9. The van der Waals surface area contributed by atoms with Gasteiger partial charge < -0.3 is 19.9 Å². The molecule has 1 amide bonds. The summed E-state index contributed by atoms with van der Waals surface area (Å²) in [5, 5.41) is 21.1. The lowest BCUT2D eigenvalue weighted by Crippen LogP contribution is -2.27. The summed E-state index contributed by atoms with van der Waals surface area (Å²) >= 11 is 0. The van der Waals surface area contributed by atoms with Crippen molar-refractivity contribution >= 4 is 11.9 Å². The molecule has 0 radical (unpaired) electrons. The lowest BCUT2D eigenvalue weighted by Gasteiger charge is -2.16. The summed E-state index contributed by atoms with van der Waals surface area (Å²) in [6.07, 6.45) is 7.25. The third kappa shape index (κ3) is 9.54. The molecular formula is C44H45N9O5. The summed E-state index contributed by atoms with van der Waals surface area (Å²) in [5.41, 5.74) is 8.70. The van der Waals surface area contributed by atoms with Gasteiger partial charge in [-0.3, -0.25) is 14.8 Å². The monoisotopic (exact) mass is 779 g/mol. The average Bonchev–Trinajstić information content (AvgIpc) is 3.95. The number of aromatic nitrogens is 8. The van der Waals surface area contributed by atoms with Gasteiger partial charge in [0.2, 0.25) is 0 Å². The number of carboxylic acids is 1. The van der Waals surface area contributed by atoms with Crippen molar-refractivity contribution in [3.8, 4) is 33.6 Å². The quantitative estimate of drug-likeness (QED) is 0.124. The second-order valence-electron chi connectivity index (χ2n) is 13.7. The summed E-state index contributed by atoms with van der Waals surface area (Å²) in [6, 6.07) is 26.6. The molecule has 0 aliphatic rings. The second kappa shape index (κ2) is 18.4. The van der Waals surface area contributed by atoms with E-state index in [1.807, 2.05) is 101 Å². The van der Waals surface area contributed by atoms with Crippen molar-refractivity contribution in [1.82, 2.24) is 44.8 Å². The highest BCUT2D eigenvalue weighted by Crippen LogP contribution is 2.28. The standard InChI is InChI=1S/C25H26N6O2.C19H19N3O3/c1-16-5-7-19(8-6-16)20-11-21(25(32)30-17(2)23-14-26-9-10-27-23)13-22(12-20)31-24(18(3)33-4)28-15-29-31;1-12-4-6-14(7-5-12)15-8-16(19(23)24)10-17(9-15)22-18(13(2)25-3)20-11-21-22/h5-15,17-18H,1-4H3,(H,30,32);4-11,13H,1-3H3,(H,23,24). The van der Waals surface area contributed by atoms with Crippen molar-refractivity contribution in [2.24, 2.45) is 0 Å². The molecule has 0 aliphatic carbocycles. The first-order valence-electron chi connectivity index (χ1n) is 18.6. The van der Waals surface area contributed by atoms with Gasteiger partial charge in [-0.25, -0.2) is 24.1 Å². The fourth-order valence-electron chi connectivity index (χ4n) is 6.10. The van der Waals surface area contributed by atoms with Gasteiger partial charge in [0, 0.05) is 32.2 Å². The number of carbonyl (C=O) groups is 2. The normalized spacial score (nSPS) is 12.5. The third-order valence-electron chi connectivity index (χ3n) is 9.56. The van der Waals surface area contributed by atoms with Crippen LogP contribution in [0.15, 0.2) is 116 Å². The summed E-state index contributed by atoms with van der Waals surface area (Å²) in [7, 11) is 3.22. The topological polar surface area (TPSA) is 172 Å². The molecule has 14 nitrogen and oxygen atoms in total. The summed E-state index contributed by atoms with van der Waals surface area (Å²) in [5.74, 6) is 0.0548. The Morgan fingerprint density at radius 2 is 1.12 bits per heavy atom. The Bertz CT molecular complexity index is 2480. The van der Waals surface area contributed by atoms with Gasteiger partial charge in [0.05, 0.1) is 34.9 Å². The number of aryl methyl sites for hydroxylation is 2. The molecule has 296 valence electrons. The number of rotatable bonds is 12. The molecule has 3 atom stereocenters. The maximum absolute atomic E-state index is 13.2. The molecule has 58 heavy (non-hydrogen) atoms. The van der Waals surface area contributed by atoms with Crippen LogP contribution in [0, 0.1) is 13.8 Å². The van der Waals surface area contributed by atoms with Crippen LogP contribution in [0.4, 0.5) is 0 Å². The number of hydrogen-bond donors (Lipinski definition) is 2. The van der Waals surface area contributed by atoms with E-state index in [4.69, 9.17) is 9.47 Å². The SMILES string of the molecule is COC(C)c1ncnn1-c1cc(C(=O)NC(C)c2cnccn2)cc(-c2ccc(C)cc2)c1.COC(C)c1ncnn1-c1cc(C(=O)O)cc(-c2ccc(C)cc2)c1. The van der Waals surface area contributed by atoms with Crippen molar-refractivity contribution in [1.29, 1.82) is 0 Å². The van der Waals surface area contributed by atoms with Gasteiger partial charge in [-0.1, -0.05) is 59.7 Å². The zero-order valence-corrected chi connectivity index (χ0v) is 33.4. The zero-order chi connectivity index (χ0) is 41.3. The Hall–Kier alpha value is -6.90. The second-order valence-corrected chi connectivity index (χ2v) is 13.7. The molecular weight excluding hydrogens is 735 g/mol. The smallest absolute Gasteiger partial charge is 0.335 e. The van der Waals surface area contributed by atoms with E-state index in [9.17, 15) is 14.7 Å². The lowest BCUT2D eigenvalue weighted by molar-refractivity contribution is 0.0696. The number of carboxylic acid groups (broad SMARTS) is 1. The van der Waals surface area contributed by atoms with E-state index in [1.54, 1.807) is 60.4 Å². The molecule has 0 fully saturated rings. The Morgan fingerprint density at radius 1 is 0.638 bits per heavy atom. The van der Waals surface area contributed by atoms with Crippen molar-refractivity contribution in [3.63, 3.8) is 0 Å². The predicted octanol–water partition coefficient (Wildman–Crippen LogP) is 7.88. The van der Waals surface area contributed by atoms with Crippen molar-refractivity contribution in [2.45, 2.75) is 52.9 Å². The summed E-state index contributed by atoms with van der Waals surface area (Å²) in [6.45, 7) is 9.70. The van der Waals surface area contributed by atoms with Crippen LogP contribution < -0.4 is 5.32 Å². The van der Waals surface area contributed by atoms with Crippen molar-refractivity contribution in [2.75, 3.05) is 14.2 Å². The number of hydrogen-bond acceptors (Lipinski definition) is 10. The fraction of sp³-hybridized carbons (Fsp3) is 0.227. The van der Waals surface area contributed by atoms with Crippen molar-refractivity contribution < 1.29 is 24.2 Å². The molecule has 3 aromatic heterocycles. The highest BCUT2D eigenvalue weighted by atomic mass is 16.5. The first-order valence-corrected chi connectivity index (χ1v) is 18.6. The van der Waals surface area contributed by atoms with Crippen LogP contribution in [0.5, 0.6) is 0 Å². The van der Waals surface area contributed by atoms with Gasteiger partial charge >= 0.3 is 5.97 Å². The van der Waals surface area contributed by atoms with E-state index in [-0.39, 0.29) is 29.7 Å². The van der Waals surface area contributed by atoms with E-state index < -0.39 is 5.97 Å². The zero-order valence-electron chi connectivity index (χ0n) is 33.4. The highest BCUT2D eigenvalue weighted by Gasteiger charge is 2.20. The molecule has 3 unspecified atom stereocenters. The molecule has 3 heterocycles. The molecule has 0 aliphatic heterocycles. The van der Waals surface area contributed by atoms with Gasteiger partial charge in [-0.05, 0) is 93.3 Å². The number of nitrogens with zero attached hydrogens (tertiary/aromatic N) is 8. The van der Waals surface area contributed by atoms with E-state index in [0.717, 1.165) is 39.1 Å². The molecule has 0 saturated carbocycles. The van der Waals surface area contributed by atoms with Crippen molar-refractivity contribution in [3.05, 3.63) is 156 Å². The number of methoxy groups -OCH3 is 2. The highest BCUT2D eigenvalue weighted by molar-refractivity contribution is 5.96. The first kappa shape index (κ1) is 40.8. The van der Waals surface area contributed by atoms with E-state index in [0.29, 0.717) is 28.6 Å². The van der Waals surface area contributed by atoms with Crippen LogP contribution in [-0.4, -0.2) is 70.7 Å². The maximum Gasteiger partial charge on any atom is 0.335 e. The molecule has 14 heteroatoms. The van der Waals surface area contributed by atoms with Crippen LogP contribution in [0.2, 0.25) is 0 Å². The molecule has 7 aromatic rings. The Balaban J connectivity index is 0.000000203. The summed E-state index contributed by atoms with van der Waals surface area (Å²) in [4.78, 5) is 41.7. The predicted molar refractivity (Wildman–Crippen MR) is 219 cm³/mol. The minimum Gasteiger partial charge on any atom is -0.478 e. The molecule has 7 rings (SSSR count). The van der Waals surface area contributed by atoms with Crippen LogP contribution in [-0.2, 0) is 9.47 Å². The summed E-state index contributed by atoms with van der Waals surface area (Å²) < 4.78 is 14.1. The maximum atomic E-state index is 13.2. The minimum atomic E-state index is -0.989. The molecule has 2 N–H and O–H groups in total. The number of benzene rings is 4. The third-order valence-corrected chi connectivity index (χ3v) is 9.56. The van der Waals surface area contributed by atoms with Crippen LogP contribution in [0.25, 0.3) is 33.6 Å². The average molecular weight is 780 g/mol. The van der Waals surface area contributed by atoms with Crippen LogP contribution in [0.1, 0.15) is 88.2 Å². The minimum absolute atomic E-state index is 0.194. The first-order chi connectivity index (χ1) is 27.9.